The van der Waals surface area contributed by atoms with E-state index in [0.717, 1.165) is 19.3 Å². The molecule has 0 aromatic heterocycles. The van der Waals surface area contributed by atoms with E-state index in [1.165, 1.54) is 16.7 Å². The lowest BCUT2D eigenvalue weighted by Crippen LogP contribution is -2.36. The van der Waals surface area contributed by atoms with E-state index in [1.807, 2.05) is 0 Å². The number of hydrogen-bond donors (Lipinski definition) is 1. The standard InChI is InChI=1S/C13H18O2/c1-10-5-6-11-4-3-7-13(9-14,15-2)12(11)8-10/h5-6,8,14H,3-4,7,9H2,1-2H3. The zero-order chi connectivity index (χ0) is 10.9. The van der Waals surface area contributed by atoms with Gasteiger partial charge >= 0.3 is 0 Å². The third kappa shape index (κ3) is 1.68. The maximum Gasteiger partial charge on any atom is 0.116 e. The molecule has 0 aliphatic heterocycles. The molecular weight excluding hydrogens is 188 g/mol. The molecule has 1 aromatic carbocycles. The van der Waals surface area contributed by atoms with Gasteiger partial charge in [0, 0.05) is 7.11 Å². The first-order valence-electron chi connectivity index (χ1n) is 5.48. The van der Waals surface area contributed by atoms with Crippen molar-refractivity contribution in [3.8, 4) is 0 Å². The number of ether oxygens (including phenoxy) is 1. The molecule has 2 rings (SSSR count). The predicted molar refractivity (Wildman–Crippen MR) is 59.9 cm³/mol. The van der Waals surface area contributed by atoms with E-state index < -0.39 is 5.60 Å². The Bertz CT molecular complexity index is 354. The zero-order valence-corrected chi connectivity index (χ0v) is 9.42. The molecule has 0 amide bonds. The lowest BCUT2D eigenvalue weighted by atomic mass is 9.79. The van der Waals surface area contributed by atoms with Crippen LogP contribution in [0.3, 0.4) is 0 Å². The van der Waals surface area contributed by atoms with Crippen molar-refractivity contribution < 1.29 is 9.84 Å². The second-order valence-electron chi connectivity index (χ2n) is 4.37. The predicted octanol–water partition coefficient (Wildman–Crippen LogP) is 2.17. The van der Waals surface area contributed by atoms with Crippen LogP contribution in [0.1, 0.15) is 29.5 Å². The Hall–Kier alpha value is -0.860. The van der Waals surface area contributed by atoms with E-state index in [9.17, 15) is 5.11 Å². The molecule has 0 bridgehead atoms. The zero-order valence-electron chi connectivity index (χ0n) is 9.42. The summed E-state index contributed by atoms with van der Waals surface area (Å²) in [7, 11) is 1.69. The molecule has 2 nitrogen and oxygen atoms in total. The minimum absolute atomic E-state index is 0.0694. The van der Waals surface area contributed by atoms with E-state index in [1.54, 1.807) is 7.11 Å². The highest BCUT2D eigenvalue weighted by Crippen LogP contribution is 2.38. The van der Waals surface area contributed by atoms with E-state index in [4.69, 9.17) is 4.74 Å². The summed E-state index contributed by atoms with van der Waals surface area (Å²) < 4.78 is 5.56. The van der Waals surface area contributed by atoms with E-state index in [0.29, 0.717) is 0 Å². The van der Waals surface area contributed by atoms with Gasteiger partial charge in [0.15, 0.2) is 0 Å². The lowest BCUT2D eigenvalue weighted by Gasteiger charge is -2.36. The maximum atomic E-state index is 9.55. The van der Waals surface area contributed by atoms with Crippen LogP contribution in [0.5, 0.6) is 0 Å². The smallest absolute Gasteiger partial charge is 0.116 e. The highest BCUT2D eigenvalue weighted by atomic mass is 16.5. The Labute approximate surface area is 90.9 Å². The van der Waals surface area contributed by atoms with Gasteiger partial charge in [0.1, 0.15) is 5.60 Å². The molecule has 0 fully saturated rings. The molecule has 1 N–H and O–H groups in total. The number of aliphatic hydroxyl groups excluding tert-OH is 1. The van der Waals surface area contributed by atoms with Crippen LogP contribution in [0.25, 0.3) is 0 Å². The van der Waals surface area contributed by atoms with Crippen molar-refractivity contribution in [2.75, 3.05) is 13.7 Å². The monoisotopic (exact) mass is 206 g/mol. The number of benzene rings is 1. The number of hydrogen-bond acceptors (Lipinski definition) is 2. The van der Waals surface area contributed by atoms with Crippen LogP contribution in [0.4, 0.5) is 0 Å². The van der Waals surface area contributed by atoms with Gasteiger partial charge in [0.2, 0.25) is 0 Å². The largest absolute Gasteiger partial charge is 0.393 e. The van der Waals surface area contributed by atoms with Gasteiger partial charge in [-0.3, -0.25) is 0 Å². The van der Waals surface area contributed by atoms with Crippen molar-refractivity contribution in [2.24, 2.45) is 0 Å². The normalized spacial score (nSPS) is 25.0. The maximum absolute atomic E-state index is 9.55. The average molecular weight is 206 g/mol. The van der Waals surface area contributed by atoms with Crippen molar-refractivity contribution in [2.45, 2.75) is 31.8 Å². The van der Waals surface area contributed by atoms with Crippen LogP contribution in [-0.4, -0.2) is 18.8 Å². The van der Waals surface area contributed by atoms with Gasteiger partial charge in [0.05, 0.1) is 6.61 Å². The molecule has 1 atom stereocenters. The van der Waals surface area contributed by atoms with Gasteiger partial charge in [-0.25, -0.2) is 0 Å². The van der Waals surface area contributed by atoms with E-state index in [2.05, 4.69) is 25.1 Å². The highest BCUT2D eigenvalue weighted by molar-refractivity contribution is 5.38. The third-order valence-electron chi connectivity index (χ3n) is 3.43. The summed E-state index contributed by atoms with van der Waals surface area (Å²) in [6.07, 6.45) is 3.10. The molecule has 0 radical (unpaired) electrons. The minimum atomic E-state index is -0.459. The fraction of sp³-hybridized carbons (Fsp3) is 0.538. The Morgan fingerprint density at radius 2 is 2.27 bits per heavy atom. The number of methoxy groups -OCH3 is 1. The van der Waals surface area contributed by atoms with Crippen LogP contribution in [0.15, 0.2) is 18.2 Å². The second-order valence-corrected chi connectivity index (χ2v) is 4.37. The first-order valence-corrected chi connectivity index (χ1v) is 5.48. The quantitative estimate of drug-likeness (QED) is 0.803. The summed E-state index contributed by atoms with van der Waals surface area (Å²) in [4.78, 5) is 0. The van der Waals surface area contributed by atoms with Crippen molar-refractivity contribution in [1.82, 2.24) is 0 Å². The summed E-state index contributed by atoms with van der Waals surface area (Å²) in [5, 5.41) is 9.55. The first kappa shape index (κ1) is 10.7. The second kappa shape index (κ2) is 3.95. The molecule has 15 heavy (non-hydrogen) atoms. The van der Waals surface area contributed by atoms with Gasteiger partial charge in [-0.15, -0.1) is 0 Å². The van der Waals surface area contributed by atoms with Crippen LogP contribution in [-0.2, 0) is 16.8 Å². The summed E-state index contributed by atoms with van der Waals surface area (Å²) in [5.74, 6) is 0. The summed E-state index contributed by atoms with van der Waals surface area (Å²) in [5.41, 5.74) is 3.27. The molecule has 0 saturated heterocycles. The molecule has 0 heterocycles. The SMILES string of the molecule is COC1(CO)CCCc2ccc(C)cc21. The Morgan fingerprint density at radius 3 is 2.93 bits per heavy atom. The highest BCUT2D eigenvalue weighted by Gasteiger charge is 2.35. The summed E-state index contributed by atoms with van der Waals surface area (Å²) in [6, 6.07) is 6.43. The Kier molecular flexibility index (Phi) is 2.81. The van der Waals surface area contributed by atoms with E-state index in [-0.39, 0.29) is 6.61 Å². The third-order valence-corrected chi connectivity index (χ3v) is 3.43. The van der Waals surface area contributed by atoms with Crippen molar-refractivity contribution in [3.05, 3.63) is 34.9 Å². The topological polar surface area (TPSA) is 29.5 Å². The summed E-state index contributed by atoms with van der Waals surface area (Å²) in [6.45, 7) is 2.15. The Morgan fingerprint density at radius 1 is 1.47 bits per heavy atom. The van der Waals surface area contributed by atoms with Gasteiger partial charge in [-0.2, -0.15) is 0 Å². The number of aliphatic hydroxyl groups is 1. The van der Waals surface area contributed by atoms with Crippen LogP contribution in [0, 0.1) is 6.92 Å². The minimum Gasteiger partial charge on any atom is -0.393 e. The molecular formula is C13H18O2. The Balaban J connectivity index is 2.53. The lowest BCUT2D eigenvalue weighted by molar-refractivity contribution is -0.0688. The molecule has 2 heteroatoms. The molecule has 1 aromatic rings. The van der Waals surface area contributed by atoms with Crippen molar-refractivity contribution in [3.63, 3.8) is 0 Å². The number of aryl methyl sites for hydroxylation is 2. The molecule has 82 valence electrons. The van der Waals surface area contributed by atoms with Gasteiger partial charge < -0.3 is 9.84 Å². The molecule has 0 saturated carbocycles. The molecule has 1 aliphatic rings. The van der Waals surface area contributed by atoms with Crippen molar-refractivity contribution >= 4 is 0 Å². The number of rotatable bonds is 2. The van der Waals surface area contributed by atoms with Crippen LogP contribution >= 0.6 is 0 Å². The molecule has 1 aliphatic carbocycles. The fourth-order valence-electron chi connectivity index (χ4n) is 2.47. The molecule has 0 spiro atoms. The van der Waals surface area contributed by atoms with Crippen LogP contribution < -0.4 is 0 Å². The summed E-state index contributed by atoms with van der Waals surface area (Å²) >= 11 is 0. The fourth-order valence-corrected chi connectivity index (χ4v) is 2.47. The van der Waals surface area contributed by atoms with E-state index >= 15 is 0 Å². The number of fused-ring (bicyclic) bond motifs is 1. The van der Waals surface area contributed by atoms with Crippen LogP contribution in [0.2, 0.25) is 0 Å². The van der Waals surface area contributed by atoms with Gasteiger partial charge in [-0.1, -0.05) is 23.8 Å². The van der Waals surface area contributed by atoms with Gasteiger partial charge in [0.25, 0.3) is 0 Å². The average Bonchev–Trinajstić information content (AvgIpc) is 2.28. The van der Waals surface area contributed by atoms with Crippen molar-refractivity contribution in [1.29, 1.82) is 0 Å². The van der Waals surface area contributed by atoms with Gasteiger partial charge in [-0.05, 0) is 37.3 Å². The first-order chi connectivity index (χ1) is 7.22. The molecule has 1 unspecified atom stereocenters.